The van der Waals surface area contributed by atoms with Crippen LogP contribution in [0, 0.1) is 22.7 Å². The van der Waals surface area contributed by atoms with Gasteiger partial charge in [0.15, 0.2) is 0 Å². The van der Waals surface area contributed by atoms with Crippen molar-refractivity contribution in [2.45, 2.75) is 52.0 Å². The molecule has 20 heavy (non-hydrogen) atoms. The van der Waals surface area contributed by atoms with E-state index in [1.54, 1.807) is 0 Å². The highest BCUT2D eigenvalue weighted by atomic mass is 79.9. The minimum absolute atomic E-state index is 0.342. The van der Waals surface area contributed by atoms with Crippen molar-refractivity contribution in [3.8, 4) is 6.07 Å². The Morgan fingerprint density at radius 3 is 2.35 bits per heavy atom. The number of nitrogens with zero attached hydrogens (tertiary/aromatic N) is 1. The molecule has 0 saturated heterocycles. The molecule has 0 bridgehead atoms. The fourth-order valence-corrected chi connectivity index (χ4v) is 3.45. The maximum Gasteiger partial charge on any atom is 0.125 e. The molecule has 0 aromatic heterocycles. The Morgan fingerprint density at radius 1 is 1.25 bits per heavy atom. The smallest absolute Gasteiger partial charge is 0.125 e. The lowest BCUT2D eigenvalue weighted by Gasteiger charge is -2.41. The molecule has 108 valence electrons. The molecule has 1 N–H and O–H groups in total. The van der Waals surface area contributed by atoms with Crippen LogP contribution in [-0.2, 0) is 0 Å². The van der Waals surface area contributed by atoms with Crippen molar-refractivity contribution < 1.29 is 0 Å². The molecule has 0 atom stereocenters. The number of benzene rings is 1. The topological polar surface area (TPSA) is 35.8 Å². The van der Waals surface area contributed by atoms with E-state index in [1.165, 1.54) is 0 Å². The van der Waals surface area contributed by atoms with Crippen molar-refractivity contribution in [3.05, 3.63) is 28.7 Å². The summed E-state index contributed by atoms with van der Waals surface area (Å²) < 4.78 is 1.02. The summed E-state index contributed by atoms with van der Waals surface area (Å²) >= 11 is 3.55. The molecular formula is C17H23BrN2. The van der Waals surface area contributed by atoms with Gasteiger partial charge in [0.1, 0.15) is 5.54 Å². The number of hydrogen-bond donors (Lipinski definition) is 1. The van der Waals surface area contributed by atoms with Crippen LogP contribution in [0.5, 0.6) is 0 Å². The van der Waals surface area contributed by atoms with E-state index in [2.05, 4.69) is 48.1 Å². The summed E-state index contributed by atoms with van der Waals surface area (Å²) in [5.41, 5.74) is 0.948. The Morgan fingerprint density at radius 2 is 1.85 bits per heavy atom. The molecule has 0 unspecified atom stereocenters. The summed E-state index contributed by atoms with van der Waals surface area (Å²) in [6.45, 7) is 6.91. The van der Waals surface area contributed by atoms with Gasteiger partial charge in [0.05, 0.1) is 6.07 Å². The van der Waals surface area contributed by atoms with Crippen LogP contribution in [0.15, 0.2) is 28.7 Å². The molecule has 0 spiro atoms. The summed E-state index contributed by atoms with van der Waals surface area (Å²) in [5, 5.41) is 13.1. The Balaban J connectivity index is 2.10. The van der Waals surface area contributed by atoms with Gasteiger partial charge < -0.3 is 5.32 Å². The lowest BCUT2D eigenvalue weighted by Crippen LogP contribution is -2.42. The van der Waals surface area contributed by atoms with E-state index >= 15 is 0 Å². The molecule has 1 aliphatic carbocycles. The number of anilines is 1. The molecule has 1 aromatic carbocycles. The van der Waals surface area contributed by atoms with Crippen LogP contribution in [0.4, 0.5) is 5.69 Å². The van der Waals surface area contributed by atoms with Crippen LogP contribution in [0.3, 0.4) is 0 Å². The van der Waals surface area contributed by atoms with Crippen molar-refractivity contribution in [2.24, 2.45) is 11.3 Å². The molecule has 3 heteroatoms. The van der Waals surface area contributed by atoms with Crippen molar-refractivity contribution in [3.63, 3.8) is 0 Å². The van der Waals surface area contributed by atoms with E-state index in [0.717, 1.165) is 35.8 Å². The molecule has 0 radical (unpaired) electrons. The maximum absolute atomic E-state index is 9.66. The van der Waals surface area contributed by atoms with Gasteiger partial charge in [-0.1, -0.05) is 32.9 Å². The highest BCUT2D eigenvalue weighted by molar-refractivity contribution is 9.10. The molecule has 2 nitrogen and oxygen atoms in total. The number of nitrogens with one attached hydrogen (secondary N) is 1. The van der Waals surface area contributed by atoms with Crippen LogP contribution in [0.25, 0.3) is 0 Å². The third kappa shape index (κ3) is 3.35. The van der Waals surface area contributed by atoms with Crippen molar-refractivity contribution >= 4 is 21.6 Å². The quantitative estimate of drug-likeness (QED) is 0.790. The minimum Gasteiger partial charge on any atom is -0.366 e. The zero-order chi connectivity index (χ0) is 14.8. The first-order valence-corrected chi connectivity index (χ1v) is 8.10. The number of para-hydroxylation sites is 1. The van der Waals surface area contributed by atoms with E-state index in [9.17, 15) is 5.26 Å². The number of rotatable bonds is 2. The molecule has 1 fully saturated rings. The fraction of sp³-hybridized carbons (Fsp3) is 0.588. The lowest BCUT2D eigenvalue weighted by molar-refractivity contribution is 0.159. The normalized spacial score (nSPS) is 26.9. The maximum atomic E-state index is 9.66. The molecule has 0 aliphatic heterocycles. The second-order valence-corrected chi connectivity index (χ2v) is 7.79. The van der Waals surface area contributed by atoms with E-state index in [0.29, 0.717) is 11.3 Å². The van der Waals surface area contributed by atoms with Crippen molar-refractivity contribution in [2.75, 3.05) is 5.32 Å². The molecule has 1 aliphatic rings. The summed E-state index contributed by atoms with van der Waals surface area (Å²) in [6, 6.07) is 10.6. The van der Waals surface area contributed by atoms with Crippen LogP contribution in [0.1, 0.15) is 46.5 Å². The van der Waals surface area contributed by atoms with Gasteiger partial charge in [-0.25, -0.2) is 0 Å². The third-order valence-electron chi connectivity index (χ3n) is 4.53. The number of nitriles is 1. The third-order valence-corrected chi connectivity index (χ3v) is 5.22. The van der Waals surface area contributed by atoms with Crippen LogP contribution in [-0.4, -0.2) is 5.54 Å². The summed E-state index contributed by atoms with van der Waals surface area (Å²) in [7, 11) is 0. The van der Waals surface area contributed by atoms with E-state index < -0.39 is 5.54 Å². The highest BCUT2D eigenvalue weighted by Crippen LogP contribution is 2.42. The lowest BCUT2D eigenvalue weighted by atomic mass is 9.67. The van der Waals surface area contributed by atoms with Gasteiger partial charge >= 0.3 is 0 Å². The Labute approximate surface area is 130 Å². The number of hydrogen-bond acceptors (Lipinski definition) is 2. The van der Waals surface area contributed by atoms with Crippen molar-refractivity contribution in [1.29, 1.82) is 5.26 Å². The molecule has 0 heterocycles. The monoisotopic (exact) mass is 334 g/mol. The van der Waals surface area contributed by atoms with Gasteiger partial charge in [0.2, 0.25) is 0 Å². The SMILES string of the molecule is CC(C)(C)C1CCC(C#N)(Nc2ccccc2Br)CC1. The van der Waals surface area contributed by atoms with Gasteiger partial charge in [0, 0.05) is 10.2 Å². The standard InChI is InChI=1S/C17H23BrN2/c1-16(2,3)13-8-10-17(12-19,11-9-13)20-15-7-5-4-6-14(15)18/h4-7,13,20H,8-11H2,1-3H3. The molecule has 1 aromatic rings. The zero-order valence-corrected chi connectivity index (χ0v) is 14.1. The van der Waals surface area contributed by atoms with Crippen LogP contribution >= 0.6 is 15.9 Å². The second-order valence-electron chi connectivity index (χ2n) is 6.94. The van der Waals surface area contributed by atoms with Crippen molar-refractivity contribution in [1.82, 2.24) is 0 Å². The van der Waals surface area contributed by atoms with Gasteiger partial charge in [-0.15, -0.1) is 0 Å². The predicted molar refractivity (Wildman–Crippen MR) is 87.5 cm³/mol. The average molecular weight is 335 g/mol. The average Bonchev–Trinajstić information content (AvgIpc) is 2.41. The Bertz CT molecular complexity index is 502. The Kier molecular flexibility index (Phi) is 4.44. The molecule has 0 amide bonds. The molecular weight excluding hydrogens is 312 g/mol. The Hall–Kier alpha value is -1.01. The predicted octanol–water partition coefficient (Wildman–Crippen LogP) is 5.36. The van der Waals surface area contributed by atoms with Gasteiger partial charge in [-0.05, 0) is 65.1 Å². The van der Waals surface area contributed by atoms with Gasteiger partial charge in [-0.3, -0.25) is 0 Å². The molecule has 2 rings (SSSR count). The fourth-order valence-electron chi connectivity index (χ4n) is 3.06. The summed E-state index contributed by atoms with van der Waals surface area (Å²) in [4.78, 5) is 0. The van der Waals surface area contributed by atoms with E-state index in [1.807, 2.05) is 24.3 Å². The van der Waals surface area contributed by atoms with Crippen LogP contribution in [0.2, 0.25) is 0 Å². The van der Waals surface area contributed by atoms with Gasteiger partial charge in [-0.2, -0.15) is 5.26 Å². The second kappa shape index (κ2) is 5.77. The van der Waals surface area contributed by atoms with E-state index in [-0.39, 0.29) is 0 Å². The first-order chi connectivity index (χ1) is 9.36. The highest BCUT2D eigenvalue weighted by Gasteiger charge is 2.39. The zero-order valence-electron chi connectivity index (χ0n) is 12.5. The molecule has 1 saturated carbocycles. The van der Waals surface area contributed by atoms with Crippen LogP contribution < -0.4 is 5.32 Å². The first-order valence-electron chi connectivity index (χ1n) is 7.30. The number of halogens is 1. The van der Waals surface area contributed by atoms with Gasteiger partial charge in [0.25, 0.3) is 0 Å². The largest absolute Gasteiger partial charge is 0.366 e. The first kappa shape index (κ1) is 15.4. The summed E-state index contributed by atoms with van der Waals surface area (Å²) in [6.07, 6.45) is 4.09. The van der Waals surface area contributed by atoms with E-state index in [4.69, 9.17) is 0 Å². The summed E-state index contributed by atoms with van der Waals surface area (Å²) in [5.74, 6) is 0.713. The minimum atomic E-state index is -0.411.